The zero-order valence-electron chi connectivity index (χ0n) is 18.5. The highest BCUT2D eigenvalue weighted by Crippen LogP contribution is 2.18. The third-order valence-corrected chi connectivity index (χ3v) is 7.56. The number of nitrogens with one attached hydrogen (secondary N) is 3. The van der Waals surface area contributed by atoms with E-state index in [1.165, 1.54) is 24.3 Å². The summed E-state index contributed by atoms with van der Waals surface area (Å²) in [6, 6.07) is 11.8. The molecule has 3 rings (SSSR count). The third-order valence-electron chi connectivity index (χ3n) is 5.52. The smallest absolute Gasteiger partial charge is 0.255 e. The molecule has 1 unspecified atom stereocenters. The molecule has 1 heterocycles. The average molecular weight is 555 g/mol. The Kier molecular flexibility index (Phi) is 9.17. The van der Waals surface area contributed by atoms with Crippen LogP contribution in [0.4, 0.5) is 5.69 Å². The van der Waals surface area contributed by atoms with E-state index in [0.717, 1.165) is 4.47 Å². The lowest BCUT2D eigenvalue weighted by atomic mass is 10.0. The Morgan fingerprint density at radius 1 is 1.09 bits per heavy atom. The molecule has 1 aliphatic heterocycles. The van der Waals surface area contributed by atoms with Crippen LogP contribution in [0.3, 0.4) is 0 Å². The Bertz CT molecular complexity index is 1090. The van der Waals surface area contributed by atoms with E-state index in [-0.39, 0.29) is 17.3 Å². The van der Waals surface area contributed by atoms with Crippen molar-refractivity contribution in [2.24, 2.45) is 5.92 Å². The maximum atomic E-state index is 13.0. The quantitative estimate of drug-likeness (QED) is 0.274. The molecule has 2 amide bonds. The molecule has 0 aliphatic carbocycles. The number of hydroxylamine groups is 1. The summed E-state index contributed by atoms with van der Waals surface area (Å²) in [4.78, 5) is 26.4. The first-order valence-electron chi connectivity index (χ1n) is 10.6. The fourth-order valence-electron chi connectivity index (χ4n) is 3.43. The highest BCUT2D eigenvalue weighted by Gasteiger charge is 2.31. The van der Waals surface area contributed by atoms with Crippen LogP contribution < -0.4 is 15.5 Å². The summed E-state index contributed by atoms with van der Waals surface area (Å²) in [5.41, 5.74) is 2.49. The van der Waals surface area contributed by atoms with Crippen LogP contribution in [0, 0.1) is 5.92 Å². The average Bonchev–Trinajstić information content (AvgIpc) is 2.84. The van der Waals surface area contributed by atoms with E-state index in [0.29, 0.717) is 37.6 Å². The number of nitrogens with zero attached hydrogens (tertiary/aromatic N) is 1. The van der Waals surface area contributed by atoms with Gasteiger partial charge in [0.1, 0.15) is 0 Å². The molecule has 1 saturated heterocycles. The van der Waals surface area contributed by atoms with Crippen LogP contribution in [0.5, 0.6) is 0 Å². The van der Waals surface area contributed by atoms with Gasteiger partial charge in [0.15, 0.2) is 0 Å². The highest BCUT2D eigenvalue weighted by atomic mass is 79.9. The lowest BCUT2D eigenvalue weighted by Crippen LogP contribution is -2.52. The topological polar surface area (TPSA) is 137 Å². The molecule has 0 bridgehead atoms. The molecular weight excluding hydrogens is 528 g/mol. The van der Waals surface area contributed by atoms with Gasteiger partial charge in [-0.05, 0) is 48.5 Å². The fourth-order valence-corrected chi connectivity index (χ4v) is 5.01. The van der Waals surface area contributed by atoms with Gasteiger partial charge in [-0.1, -0.05) is 22.9 Å². The minimum atomic E-state index is -3.99. The molecule has 34 heavy (non-hydrogen) atoms. The number of hydrogen-bond donors (Lipinski definition) is 4. The minimum Gasteiger partial charge on any atom is -0.379 e. The van der Waals surface area contributed by atoms with E-state index in [2.05, 4.69) is 26.0 Å². The van der Waals surface area contributed by atoms with E-state index in [4.69, 9.17) is 9.94 Å². The van der Waals surface area contributed by atoms with Crippen molar-refractivity contribution in [3.05, 3.63) is 58.6 Å². The number of sulfonamides is 1. The monoisotopic (exact) mass is 554 g/mol. The van der Waals surface area contributed by atoms with Crippen molar-refractivity contribution in [2.75, 3.05) is 38.2 Å². The second-order valence-corrected chi connectivity index (χ2v) is 10.5. The molecule has 2 aromatic carbocycles. The molecule has 2 aromatic rings. The second-order valence-electron chi connectivity index (χ2n) is 7.89. The van der Waals surface area contributed by atoms with Gasteiger partial charge in [0.25, 0.3) is 5.91 Å². The first kappa shape index (κ1) is 26.3. The maximum Gasteiger partial charge on any atom is 0.255 e. The van der Waals surface area contributed by atoms with Crippen LogP contribution in [0.2, 0.25) is 0 Å². The van der Waals surface area contributed by atoms with Crippen LogP contribution in [0.15, 0.2) is 57.9 Å². The Morgan fingerprint density at radius 3 is 2.29 bits per heavy atom. The van der Waals surface area contributed by atoms with Crippen molar-refractivity contribution in [2.45, 2.75) is 17.9 Å². The van der Waals surface area contributed by atoms with Gasteiger partial charge in [-0.3, -0.25) is 19.7 Å². The summed E-state index contributed by atoms with van der Waals surface area (Å²) in [5.74, 6) is -1.84. The van der Waals surface area contributed by atoms with Gasteiger partial charge in [0.05, 0.1) is 24.0 Å². The van der Waals surface area contributed by atoms with Crippen LogP contribution in [-0.4, -0.2) is 69.2 Å². The lowest BCUT2D eigenvalue weighted by Gasteiger charge is -2.32. The molecule has 0 spiro atoms. The molecule has 12 heteroatoms. The van der Waals surface area contributed by atoms with E-state index >= 15 is 0 Å². The van der Waals surface area contributed by atoms with Gasteiger partial charge in [0.2, 0.25) is 15.9 Å². The van der Waals surface area contributed by atoms with Crippen molar-refractivity contribution in [1.29, 1.82) is 0 Å². The van der Waals surface area contributed by atoms with Gasteiger partial charge in [0, 0.05) is 41.4 Å². The zero-order chi connectivity index (χ0) is 24.7. The number of halogens is 1. The molecule has 0 saturated carbocycles. The summed E-state index contributed by atoms with van der Waals surface area (Å²) < 4.78 is 34.9. The van der Waals surface area contributed by atoms with Gasteiger partial charge < -0.3 is 10.1 Å². The number of anilines is 1. The Balaban J connectivity index is 1.71. The van der Waals surface area contributed by atoms with Crippen LogP contribution >= 0.6 is 15.9 Å². The molecule has 0 aromatic heterocycles. The first-order chi connectivity index (χ1) is 16.2. The summed E-state index contributed by atoms with van der Waals surface area (Å²) in [6.45, 7) is 4.08. The molecule has 1 aliphatic rings. The summed E-state index contributed by atoms with van der Waals surface area (Å²) in [6.07, 6.45) is 0. The maximum absolute atomic E-state index is 13.0. The van der Waals surface area contributed by atoms with Crippen LogP contribution in [0.1, 0.15) is 17.3 Å². The van der Waals surface area contributed by atoms with Crippen molar-refractivity contribution in [1.82, 2.24) is 15.1 Å². The first-order valence-corrected chi connectivity index (χ1v) is 12.9. The van der Waals surface area contributed by atoms with Gasteiger partial charge >= 0.3 is 0 Å². The molecule has 4 N–H and O–H groups in total. The number of carbonyl (C=O) groups excluding carboxylic acids is 2. The van der Waals surface area contributed by atoms with Crippen molar-refractivity contribution < 1.29 is 28.0 Å². The fraction of sp³-hybridized carbons (Fsp3) is 0.364. The van der Waals surface area contributed by atoms with E-state index in [1.54, 1.807) is 36.7 Å². The largest absolute Gasteiger partial charge is 0.379 e. The highest BCUT2D eigenvalue weighted by molar-refractivity contribution is 9.10. The van der Waals surface area contributed by atoms with Crippen molar-refractivity contribution in [3.8, 4) is 0 Å². The number of amides is 2. The minimum absolute atomic E-state index is 0.0160. The summed E-state index contributed by atoms with van der Waals surface area (Å²) >= 11 is 3.32. The van der Waals surface area contributed by atoms with Crippen molar-refractivity contribution in [3.63, 3.8) is 0 Å². The SMILES string of the molecule is CC(C(=O)NO)[C@H](CN1CCOCC1)NS(=O)(=O)c1ccc(NC(=O)c2ccc(Br)cc2)cc1. The van der Waals surface area contributed by atoms with E-state index in [1.807, 2.05) is 4.90 Å². The molecular formula is C22H27BrN4O6S. The number of benzene rings is 2. The molecule has 0 radical (unpaired) electrons. The molecule has 10 nitrogen and oxygen atoms in total. The summed E-state index contributed by atoms with van der Waals surface area (Å²) in [7, 11) is -3.99. The Morgan fingerprint density at radius 2 is 1.71 bits per heavy atom. The molecule has 184 valence electrons. The predicted molar refractivity (Wildman–Crippen MR) is 129 cm³/mol. The van der Waals surface area contributed by atoms with Gasteiger partial charge in [-0.2, -0.15) is 0 Å². The lowest BCUT2D eigenvalue weighted by molar-refractivity contribution is -0.133. The van der Waals surface area contributed by atoms with Gasteiger partial charge in [-0.25, -0.2) is 18.6 Å². The normalized spacial score (nSPS) is 16.4. The predicted octanol–water partition coefficient (Wildman–Crippen LogP) is 1.82. The van der Waals surface area contributed by atoms with Crippen molar-refractivity contribution >= 4 is 43.5 Å². The van der Waals surface area contributed by atoms with Gasteiger partial charge in [-0.15, -0.1) is 0 Å². The van der Waals surface area contributed by atoms with E-state index < -0.39 is 27.9 Å². The number of morpholine rings is 1. The molecule has 2 atom stereocenters. The standard InChI is InChI=1S/C22H27BrN4O6S/c1-15(21(28)25-30)20(14-27-10-12-33-13-11-27)26-34(31,32)19-8-6-18(7-9-19)24-22(29)16-2-4-17(23)5-3-16/h2-9,15,20,26,30H,10-14H2,1H3,(H,24,29)(H,25,28)/t15?,20-/m0/s1. The number of carbonyl (C=O) groups is 2. The number of hydrogen-bond acceptors (Lipinski definition) is 7. The zero-order valence-corrected chi connectivity index (χ0v) is 20.9. The van der Waals surface area contributed by atoms with E-state index in [9.17, 15) is 18.0 Å². The number of ether oxygens (including phenoxy) is 1. The second kappa shape index (κ2) is 11.9. The molecule has 1 fully saturated rings. The van der Waals surface area contributed by atoms with Crippen LogP contribution in [0.25, 0.3) is 0 Å². The third kappa shape index (κ3) is 7.08. The number of rotatable bonds is 9. The Hall–Kier alpha value is -2.35. The summed E-state index contributed by atoms with van der Waals surface area (Å²) in [5, 5.41) is 11.7. The van der Waals surface area contributed by atoms with Crippen LogP contribution in [-0.2, 0) is 19.6 Å². The Labute approximate surface area is 206 Å².